The second kappa shape index (κ2) is 13.0. The molecule has 0 aliphatic carbocycles. The minimum Gasteiger partial charge on any atom is -0.454 e. The van der Waals surface area contributed by atoms with E-state index in [4.69, 9.17) is 24.4 Å². The lowest BCUT2D eigenvalue weighted by Gasteiger charge is -2.37. The molecule has 0 bridgehead atoms. The number of furan rings is 1. The third kappa shape index (κ3) is 4.96. The minimum absolute atomic E-state index is 0.0912. The largest absolute Gasteiger partial charge is 0.454 e. The van der Waals surface area contributed by atoms with Gasteiger partial charge >= 0.3 is 6.98 Å². The zero-order valence-corrected chi connectivity index (χ0v) is 38.6. The van der Waals surface area contributed by atoms with Crippen LogP contribution in [0.15, 0.2) is 132 Å². The number of para-hydroxylation sites is 3. The molecule has 1 aliphatic heterocycles. The molecule has 13 aromatic rings. The number of hydrogen-bond donors (Lipinski definition) is 0. The molecule has 6 aromatic carbocycles. The van der Waals surface area contributed by atoms with Crippen LogP contribution in [0.1, 0.15) is 48.6 Å². The van der Waals surface area contributed by atoms with Crippen molar-refractivity contribution in [2.75, 3.05) is 11.9 Å². The van der Waals surface area contributed by atoms with Gasteiger partial charge in [0.25, 0.3) is 0 Å². The lowest BCUT2D eigenvalue weighted by Crippen LogP contribution is -2.56. The van der Waals surface area contributed by atoms with E-state index in [9.17, 15) is 0 Å². The molecule has 67 heavy (non-hydrogen) atoms. The van der Waals surface area contributed by atoms with Gasteiger partial charge < -0.3 is 13.7 Å². The average Bonchev–Trinajstić information content (AvgIpc) is 4.17. The van der Waals surface area contributed by atoms with Crippen LogP contribution < -0.4 is 10.3 Å². The van der Waals surface area contributed by atoms with E-state index < -0.39 is 0 Å². The zero-order valence-electron chi connectivity index (χ0n) is 38.6. The van der Waals surface area contributed by atoms with Crippen molar-refractivity contribution in [1.29, 1.82) is 0 Å². The molecule has 14 rings (SSSR count). The van der Waals surface area contributed by atoms with Crippen molar-refractivity contribution in [2.45, 2.75) is 53.9 Å². The van der Waals surface area contributed by atoms with Gasteiger partial charge in [0.15, 0.2) is 5.58 Å². The smallest absolute Gasteiger partial charge is 0.417 e. The van der Waals surface area contributed by atoms with E-state index in [0.717, 1.165) is 117 Å². The van der Waals surface area contributed by atoms with E-state index in [1.807, 2.05) is 12.4 Å². The van der Waals surface area contributed by atoms with Gasteiger partial charge in [0.2, 0.25) is 11.6 Å². The monoisotopic (exact) mass is 872 g/mol. The molecule has 0 spiro atoms. The number of nitrogens with zero attached hydrogens (tertiary/aromatic N) is 10. The van der Waals surface area contributed by atoms with Gasteiger partial charge in [-0.1, -0.05) is 92.6 Å². The second-order valence-electron chi connectivity index (χ2n) is 19.6. The maximum absolute atomic E-state index is 7.15. The summed E-state index contributed by atoms with van der Waals surface area (Å²) in [6.45, 7) is 15.3. The van der Waals surface area contributed by atoms with Crippen LogP contribution in [-0.2, 0) is 5.41 Å². The summed E-state index contributed by atoms with van der Waals surface area (Å²) in [5.74, 6) is 3.30. The van der Waals surface area contributed by atoms with Crippen molar-refractivity contribution in [3.05, 3.63) is 156 Å². The van der Waals surface area contributed by atoms with Gasteiger partial charge in [0.1, 0.15) is 17.2 Å². The number of imidazole rings is 5. The molecule has 324 valence electrons. The SMILES string of the molecule is Cc1cccc(C)c1B1N(C)c2c(cc(-n3c4cc5c(cc4n4c6cccc(C)c6nc34)n3c4cccc(C)c4nc3n5-c3cc(C(C)(C)C)ccn3)c3oc4ccccc4c23)-c2nccn21. The third-order valence-corrected chi connectivity index (χ3v) is 14.5. The van der Waals surface area contributed by atoms with Crippen LogP contribution in [0.25, 0.3) is 101 Å². The zero-order chi connectivity index (χ0) is 45.4. The summed E-state index contributed by atoms with van der Waals surface area (Å²) in [7, 11) is 2.21. The lowest BCUT2D eigenvalue weighted by molar-refractivity contribution is 0.588. The van der Waals surface area contributed by atoms with Crippen LogP contribution in [0.4, 0.5) is 5.69 Å². The summed E-state index contributed by atoms with van der Waals surface area (Å²) in [4.78, 5) is 23.6. The predicted molar refractivity (Wildman–Crippen MR) is 272 cm³/mol. The van der Waals surface area contributed by atoms with Crippen LogP contribution in [-0.4, -0.2) is 56.4 Å². The Labute approximate surface area is 385 Å². The Morgan fingerprint density at radius 2 is 1.22 bits per heavy atom. The van der Waals surface area contributed by atoms with Crippen LogP contribution in [0, 0.1) is 27.7 Å². The summed E-state index contributed by atoms with van der Waals surface area (Å²) < 4.78 is 18.6. The minimum atomic E-state index is -0.126. The molecule has 0 amide bonds. The number of anilines is 1. The molecule has 12 heteroatoms. The standard InChI is InChI=1S/C55H45BN10O/c1-30-14-11-15-31(2)47(30)56-61(8)50-36(52-58-24-25-62(52)56)27-43(51-46(50)35-18-9-10-21-44(35)67-51)65-40-29-42-41(28-39(40)63-37-19-12-16-32(3)48(37)59-53(63)65)64-38-20-13-17-33(4)49(38)60-54(64)66(42)45-26-34(22-23-57-45)55(5,6)7/h9-29H,1-8H3. The number of benzene rings is 6. The first-order valence-corrected chi connectivity index (χ1v) is 23.0. The molecule has 0 fully saturated rings. The second-order valence-corrected chi connectivity index (χ2v) is 19.6. The van der Waals surface area contributed by atoms with Crippen LogP contribution >= 0.6 is 0 Å². The van der Waals surface area contributed by atoms with E-state index in [-0.39, 0.29) is 12.4 Å². The van der Waals surface area contributed by atoms with E-state index in [0.29, 0.717) is 0 Å². The van der Waals surface area contributed by atoms with Gasteiger partial charge in [-0.15, -0.1) is 0 Å². The molecule has 0 saturated carbocycles. The number of aryl methyl sites for hydroxylation is 4. The Balaban J connectivity index is 1.16. The van der Waals surface area contributed by atoms with E-state index in [1.165, 1.54) is 22.2 Å². The maximum atomic E-state index is 7.15. The highest BCUT2D eigenvalue weighted by Crippen LogP contribution is 2.49. The summed E-state index contributed by atoms with van der Waals surface area (Å²) in [5.41, 5.74) is 19.6. The highest BCUT2D eigenvalue weighted by atomic mass is 16.3. The summed E-state index contributed by atoms with van der Waals surface area (Å²) >= 11 is 0. The number of hydrogen-bond acceptors (Lipinski definition) is 6. The number of pyridine rings is 1. The molecule has 1 aliphatic rings. The van der Waals surface area contributed by atoms with Crippen LogP contribution in [0.5, 0.6) is 0 Å². The van der Waals surface area contributed by atoms with Gasteiger partial charge in [-0.25, -0.2) is 19.9 Å². The van der Waals surface area contributed by atoms with Gasteiger partial charge in [0, 0.05) is 35.2 Å². The van der Waals surface area contributed by atoms with Crippen molar-refractivity contribution in [2.24, 2.45) is 0 Å². The molecule has 0 unspecified atom stereocenters. The molecule has 0 N–H and O–H groups in total. The summed E-state index contributed by atoms with van der Waals surface area (Å²) in [6.07, 6.45) is 5.97. The molecule has 7 aromatic heterocycles. The first-order chi connectivity index (χ1) is 32.5. The lowest BCUT2D eigenvalue weighted by atomic mass is 9.60. The van der Waals surface area contributed by atoms with Crippen LogP contribution in [0.2, 0.25) is 0 Å². The molecule has 0 atom stereocenters. The Kier molecular flexibility index (Phi) is 7.43. The number of fused-ring (bicyclic) bond motifs is 17. The summed E-state index contributed by atoms with van der Waals surface area (Å²) in [6, 6.07) is 39.1. The number of rotatable bonds is 3. The van der Waals surface area contributed by atoms with Gasteiger partial charge in [-0.3, -0.25) is 17.9 Å². The van der Waals surface area contributed by atoms with Gasteiger partial charge in [-0.2, -0.15) is 0 Å². The fourth-order valence-corrected chi connectivity index (χ4v) is 11.4. The molecule has 8 heterocycles. The Bertz CT molecular complexity index is 4280. The Hall–Kier alpha value is -8.12. The normalized spacial score (nSPS) is 13.3. The summed E-state index contributed by atoms with van der Waals surface area (Å²) in [5, 5.41) is 2.08. The molecule has 0 radical (unpaired) electrons. The predicted octanol–water partition coefficient (Wildman–Crippen LogP) is 11.6. The number of aromatic nitrogens is 9. The first-order valence-electron chi connectivity index (χ1n) is 23.0. The average molecular weight is 873 g/mol. The van der Waals surface area contributed by atoms with Crippen LogP contribution in [0.3, 0.4) is 0 Å². The van der Waals surface area contributed by atoms with E-state index in [2.05, 4.69) is 198 Å². The van der Waals surface area contributed by atoms with Crippen molar-refractivity contribution in [1.82, 2.24) is 42.3 Å². The fourth-order valence-electron chi connectivity index (χ4n) is 11.4. The topological polar surface area (TPSA) is 91.5 Å². The van der Waals surface area contributed by atoms with E-state index in [1.54, 1.807) is 0 Å². The first kappa shape index (κ1) is 38.2. The Morgan fingerprint density at radius 1 is 0.597 bits per heavy atom. The van der Waals surface area contributed by atoms with Crippen molar-refractivity contribution < 1.29 is 4.42 Å². The van der Waals surface area contributed by atoms with Gasteiger partial charge in [-0.05, 0) is 111 Å². The van der Waals surface area contributed by atoms with Crippen molar-refractivity contribution in [3.8, 4) is 22.9 Å². The quantitative estimate of drug-likeness (QED) is 0.164. The van der Waals surface area contributed by atoms with Crippen molar-refractivity contribution >= 4 is 95.8 Å². The third-order valence-electron chi connectivity index (χ3n) is 14.5. The van der Waals surface area contributed by atoms with E-state index >= 15 is 0 Å². The Morgan fingerprint density at radius 3 is 1.93 bits per heavy atom. The maximum Gasteiger partial charge on any atom is 0.417 e. The highest BCUT2D eigenvalue weighted by molar-refractivity contribution is 6.77. The molecular formula is C55H45BN10O. The fraction of sp³-hybridized carbons (Fsp3) is 0.164. The highest BCUT2D eigenvalue weighted by Gasteiger charge is 2.40. The molecule has 11 nitrogen and oxygen atoms in total. The molecular weight excluding hydrogens is 827 g/mol. The molecule has 0 saturated heterocycles. The van der Waals surface area contributed by atoms with Gasteiger partial charge in [0.05, 0.1) is 55.2 Å². The van der Waals surface area contributed by atoms with Crippen molar-refractivity contribution in [3.63, 3.8) is 0 Å².